The molecule has 3 aromatic rings. The Morgan fingerprint density at radius 1 is 1.03 bits per heavy atom. The smallest absolute Gasteiger partial charge is 0.331 e. The second-order valence-electron chi connectivity index (χ2n) is 8.70. The Hall–Kier alpha value is -3.46. The minimum absolute atomic E-state index is 0.0176. The Morgan fingerprint density at radius 2 is 1.80 bits per heavy atom. The molecule has 1 aromatic heterocycles. The lowest BCUT2D eigenvalue weighted by Crippen LogP contribution is -2.42. The van der Waals surface area contributed by atoms with Crippen LogP contribution in [0.3, 0.4) is 0 Å². The summed E-state index contributed by atoms with van der Waals surface area (Å²) in [5.74, 6) is -1.18. The maximum Gasteiger partial charge on any atom is 0.331 e. The van der Waals surface area contributed by atoms with Gasteiger partial charge in [0.2, 0.25) is 11.8 Å². The van der Waals surface area contributed by atoms with Gasteiger partial charge in [0.25, 0.3) is 5.56 Å². The van der Waals surface area contributed by atoms with Crippen LogP contribution >= 0.6 is 11.6 Å². The van der Waals surface area contributed by atoms with Crippen LogP contribution in [0.4, 0.5) is 10.1 Å². The van der Waals surface area contributed by atoms with Gasteiger partial charge >= 0.3 is 5.69 Å². The number of hydrogen-bond acceptors (Lipinski definition) is 4. The van der Waals surface area contributed by atoms with Gasteiger partial charge in [0.05, 0.1) is 10.9 Å². The highest BCUT2D eigenvalue weighted by atomic mass is 35.5. The number of nitrogens with zero attached hydrogens (tertiary/aromatic N) is 2. The summed E-state index contributed by atoms with van der Waals surface area (Å²) in [5, 5.41) is 6.04. The molecule has 1 aliphatic rings. The van der Waals surface area contributed by atoms with E-state index in [1.54, 1.807) is 0 Å². The van der Waals surface area contributed by atoms with Gasteiger partial charge in [-0.2, -0.15) is 0 Å². The number of anilines is 1. The van der Waals surface area contributed by atoms with Gasteiger partial charge < -0.3 is 10.6 Å². The average molecular weight is 501 g/mol. The molecule has 0 saturated heterocycles. The van der Waals surface area contributed by atoms with Crippen molar-refractivity contribution in [3.8, 4) is 0 Å². The van der Waals surface area contributed by atoms with Crippen molar-refractivity contribution in [3.63, 3.8) is 0 Å². The normalized spacial score (nSPS) is 13.8. The molecule has 0 atom stereocenters. The molecule has 35 heavy (non-hydrogen) atoms. The van der Waals surface area contributed by atoms with Crippen LogP contribution in [-0.4, -0.2) is 27.0 Å². The van der Waals surface area contributed by atoms with Crippen molar-refractivity contribution in [2.24, 2.45) is 0 Å². The zero-order chi connectivity index (χ0) is 24.9. The van der Waals surface area contributed by atoms with Crippen LogP contribution in [0, 0.1) is 5.82 Å². The summed E-state index contributed by atoms with van der Waals surface area (Å²) in [4.78, 5) is 51.2. The van der Waals surface area contributed by atoms with E-state index in [0.717, 1.165) is 36.3 Å². The molecule has 184 valence electrons. The standard InChI is InChI=1S/C25H26ClFN4O4/c26-16-10-11-21-20(13-16)24(34)30(12-4-9-22(32)28-18-6-1-2-7-18)25(35)31(21)15-23(33)29-19-8-3-5-17(27)14-19/h3,5,8,10-11,13-14,18H,1-2,4,6-7,9,12,15H2,(H,28,32)(H,29,33). The Morgan fingerprint density at radius 3 is 2.54 bits per heavy atom. The average Bonchev–Trinajstić information content (AvgIpc) is 3.32. The zero-order valence-electron chi connectivity index (χ0n) is 19.1. The number of nitrogens with one attached hydrogen (secondary N) is 2. The van der Waals surface area contributed by atoms with E-state index in [-0.39, 0.29) is 47.9 Å². The molecule has 0 radical (unpaired) electrons. The maximum atomic E-state index is 13.5. The van der Waals surface area contributed by atoms with E-state index >= 15 is 0 Å². The number of aromatic nitrogens is 2. The lowest BCUT2D eigenvalue weighted by atomic mass is 10.2. The molecule has 4 rings (SSSR count). The number of rotatable bonds is 8. The fraction of sp³-hybridized carbons (Fsp3) is 0.360. The van der Waals surface area contributed by atoms with Gasteiger partial charge in [-0.25, -0.2) is 9.18 Å². The van der Waals surface area contributed by atoms with Crippen LogP contribution in [0.15, 0.2) is 52.1 Å². The van der Waals surface area contributed by atoms with Crippen LogP contribution in [0.5, 0.6) is 0 Å². The SMILES string of the molecule is O=C(Cn1c(=O)n(CCCC(=O)NC2CCCC2)c(=O)c2cc(Cl)ccc21)Nc1cccc(F)c1. The van der Waals surface area contributed by atoms with E-state index < -0.39 is 29.5 Å². The first-order valence-electron chi connectivity index (χ1n) is 11.6. The molecular formula is C25H26ClFN4O4. The van der Waals surface area contributed by atoms with Crippen LogP contribution < -0.4 is 21.9 Å². The van der Waals surface area contributed by atoms with Gasteiger partial charge in [-0.05, 0) is 55.7 Å². The fourth-order valence-electron chi connectivity index (χ4n) is 4.42. The molecule has 1 fully saturated rings. The van der Waals surface area contributed by atoms with Crippen LogP contribution in [0.1, 0.15) is 38.5 Å². The number of amides is 2. The number of fused-ring (bicyclic) bond motifs is 1. The lowest BCUT2D eigenvalue weighted by molar-refractivity contribution is -0.122. The first kappa shape index (κ1) is 24.7. The Labute approximate surface area is 205 Å². The molecule has 0 spiro atoms. The molecule has 0 unspecified atom stereocenters. The summed E-state index contributed by atoms with van der Waals surface area (Å²) in [6.45, 7) is -0.375. The third-order valence-corrected chi connectivity index (χ3v) is 6.34. The number of carbonyl (C=O) groups excluding carboxylic acids is 2. The van der Waals surface area contributed by atoms with Crippen molar-refractivity contribution in [2.45, 2.75) is 57.7 Å². The van der Waals surface area contributed by atoms with Crippen LogP contribution in [0.25, 0.3) is 10.9 Å². The first-order chi connectivity index (χ1) is 16.8. The molecule has 2 aromatic carbocycles. The highest BCUT2D eigenvalue weighted by Gasteiger charge is 2.18. The van der Waals surface area contributed by atoms with Crippen molar-refractivity contribution >= 4 is 40.0 Å². The first-order valence-corrected chi connectivity index (χ1v) is 12.0. The predicted octanol–water partition coefficient (Wildman–Crippen LogP) is 3.43. The summed E-state index contributed by atoms with van der Waals surface area (Å²) in [7, 11) is 0. The largest absolute Gasteiger partial charge is 0.353 e. The van der Waals surface area contributed by atoms with Gasteiger partial charge in [0, 0.05) is 29.7 Å². The molecular weight excluding hydrogens is 475 g/mol. The van der Waals surface area contributed by atoms with Gasteiger partial charge in [-0.1, -0.05) is 30.5 Å². The quantitative estimate of drug-likeness (QED) is 0.494. The highest BCUT2D eigenvalue weighted by Crippen LogP contribution is 2.18. The summed E-state index contributed by atoms with van der Waals surface area (Å²) in [5.41, 5.74) is -0.702. The topological polar surface area (TPSA) is 102 Å². The Kier molecular flexibility index (Phi) is 7.65. The molecule has 10 heteroatoms. The second-order valence-corrected chi connectivity index (χ2v) is 9.13. The van der Waals surface area contributed by atoms with E-state index in [9.17, 15) is 23.6 Å². The van der Waals surface area contributed by atoms with E-state index in [2.05, 4.69) is 10.6 Å². The molecule has 1 aliphatic carbocycles. The van der Waals surface area contributed by atoms with Crippen molar-refractivity contribution < 1.29 is 14.0 Å². The summed E-state index contributed by atoms with van der Waals surface area (Å²) in [6, 6.07) is 10.1. The molecule has 1 heterocycles. The maximum absolute atomic E-state index is 13.5. The van der Waals surface area contributed by atoms with E-state index in [1.165, 1.54) is 41.0 Å². The van der Waals surface area contributed by atoms with Crippen molar-refractivity contribution in [1.82, 2.24) is 14.5 Å². The molecule has 8 nitrogen and oxygen atoms in total. The third kappa shape index (κ3) is 5.97. The summed E-state index contributed by atoms with van der Waals surface area (Å²) >= 11 is 6.09. The van der Waals surface area contributed by atoms with E-state index in [4.69, 9.17) is 11.6 Å². The number of hydrogen-bond donors (Lipinski definition) is 2. The Balaban J connectivity index is 1.56. The monoisotopic (exact) mass is 500 g/mol. The minimum Gasteiger partial charge on any atom is -0.353 e. The van der Waals surface area contributed by atoms with Crippen LogP contribution in [-0.2, 0) is 22.7 Å². The third-order valence-electron chi connectivity index (χ3n) is 6.10. The number of benzene rings is 2. The molecule has 0 aliphatic heterocycles. The Bertz CT molecular complexity index is 1380. The van der Waals surface area contributed by atoms with Gasteiger partial charge in [-0.15, -0.1) is 0 Å². The fourth-order valence-corrected chi connectivity index (χ4v) is 4.60. The van der Waals surface area contributed by atoms with E-state index in [1.807, 2.05) is 0 Å². The zero-order valence-corrected chi connectivity index (χ0v) is 19.8. The molecule has 2 N–H and O–H groups in total. The second kappa shape index (κ2) is 10.9. The van der Waals surface area contributed by atoms with Gasteiger partial charge in [-0.3, -0.25) is 23.5 Å². The molecule has 0 bridgehead atoms. The lowest BCUT2D eigenvalue weighted by Gasteiger charge is -2.15. The number of carbonyl (C=O) groups is 2. The van der Waals surface area contributed by atoms with Gasteiger partial charge in [0.1, 0.15) is 12.4 Å². The summed E-state index contributed by atoms with van der Waals surface area (Å²) in [6.07, 6.45) is 4.61. The van der Waals surface area contributed by atoms with Crippen molar-refractivity contribution in [3.05, 3.63) is 74.1 Å². The predicted molar refractivity (Wildman–Crippen MR) is 132 cm³/mol. The molecule has 1 saturated carbocycles. The summed E-state index contributed by atoms with van der Waals surface area (Å²) < 4.78 is 15.7. The van der Waals surface area contributed by atoms with Crippen molar-refractivity contribution in [1.29, 1.82) is 0 Å². The van der Waals surface area contributed by atoms with Crippen LogP contribution in [0.2, 0.25) is 5.02 Å². The number of halogens is 2. The van der Waals surface area contributed by atoms with Crippen molar-refractivity contribution in [2.75, 3.05) is 5.32 Å². The minimum atomic E-state index is -0.671. The van der Waals surface area contributed by atoms with Gasteiger partial charge in [0.15, 0.2) is 0 Å². The highest BCUT2D eigenvalue weighted by molar-refractivity contribution is 6.31. The van der Waals surface area contributed by atoms with E-state index in [0.29, 0.717) is 5.02 Å². The molecule has 2 amide bonds.